The molecular weight excluding hydrogens is 526 g/mol. The van der Waals surface area contributed by atoms with Crippen molar-refractivity contribution in [1.29, 1.82) is 0 Å². The molecule has 0 radical (unpaired) electrons. The summed E-state index contributed by atoms with van der Waals surface area (Å²) < 4.78 is 11.8. The van der Waals surface area contributed by atoms with Crippen LogP contribution in [0.15, 0.2) is 76.3 Å². The van der Waals surface area contributed by atoms with Crippen molar-refractivity contribution in [3.8, 4) is 11.5 Å². The van der Waals surface area contributed by atoms with E-state index in [-0.39, 0.29) is 18.2 Å². The maximum absolute atomic E-state index is 12.6. The first kappa shape index (κ1) is 26.6. The third kappa shape index (κ3) is 8.06. The molecule has 0 aliphatic rings. The number of hydrogen-bond acceptors (Lipinski definition) is 6. The van der Waals surface area contributed by atoms with Crippen LogP contribution in [0.4, 0.5) is 0 Å². The minimum Gasteiger partial charge on any atom is -0.494 e. The van der Waals surface area contributed by atoms with E-state index in [2.05, 4.69) is 31.8 Å². The van der Waals surface area contributed by atoms with Crippen LogP contribution in [0.1, 0.15) is 45.2 Å². The van der Waals surface area contributed by atoms with Gasteiger partial charge in [-0.15, -0.1) is 0 Å². The van der Waals surface area contributed by atoms with Gasteiger partial charge in [-0.1, -0.05) is 40.5 Å². The molecule has 2 amide bonds. The van der Waals surface area contributed by atoms with Crippen molar-refractivity contribution in [2.24, 2.45) is 5.10 Å². The van der Waals surface area contributed by atoms with Gasteiger partial charge >= 0.3 is 5.97 Å². The summed E-state index contributed by atoms with van der Waals surface area (Å²) in [4.78, 5) is 36.8. The van der Waals surface area contributed by atoms with Crippen LogP contribution in [0.3, 0.4) is 0 Å². The number of halogens is 1. The van der Waals surface area contributed by atoms with Gasteiger partial charge in [-0.3, -0.25) is 9.59 Å². The number of nitrogens with zero attached hydrogens (tertiary/aromatic N) is 1. The number of amides is 2. The molecule has 186 valence electrons. The number of esters is 1. The minimum absolute atomic E-state index is 0.248. The van der Waals surface area contributed by atoms with Crippen LogP contribution in [0.2, 0.25) is 0 Å². The van der Waals surface area contributed by atoms with Crippen LogP contribution < -0.4 is 20.2 Å². The number of nitrogens with one attached hydrogen (secondary N) is 2. The van der Waals surface area contributed by atoms with Gasteiger partial charge in [0.25, 0.3) is 11.8 Å². The van der Waals surface area contributed by atoms with E-state index in [1.165, 1.54) is 6.21 Å². The molecule has 3 aromatic rings. The van der Waals surface area contributed by atoms with Crippen molar-refractivity contribution < 1.29 is 23.9 Å². The second-order valence-corrected chi connectivity index (χ2v) is 8.70. The van der Waals surface area contributed by atoms with Crippen LogP contribution >= 0.6 is 15.9 Å². The van der Waals surface area contributed by atoms with Gasteiger partial charge in [0.2, 0.25) is 0 Å². The molecule has 36 heavy (non-hydrogen) atoms. The molecule has 0 aliphatic heterocycles. The maximum Gasteiger partial charge on any atom is 0.343 e. The van der Waals surface area contributed by atoms with Gasteiger partial charge in [-0.2, -0.15) is 5.10 Å². The van der Waals surface area contributed by atoms with Crippen LogP contribution in [-0.4, -0.2) is 37.1 Å². The van der Waals surface area contributed by atoms with Gasteiger partial charge in [-0.25, -0.2) is 10.2 Å². The van der Waals surface area contributed by atoms with Crippen molar-refractivity contribution in [3.63, 3.8) is 0 Å². The highest BCUT2D eigenvalue weighted by Gasteiger charge is 2.12. The lowest BCUT2D eigenvalue weighted by Gasteiger charge is -2.09. The lowest BCUT2D eigenvalue weighted by Crippen LogP contribution is -2.34. The summed E-state index contributed by atoms with van der Waals surface area (Å²) in [5, 5.41) is 6.46. The molecule has 0 saturated carbocycles. The maximum atomic E-state index is 12.6. The Kier molecular flexibility index (Phi) is 9.76. The molecule has 0 spiro atoms. The lowest BCUT2D eigenvalue weighted by atomic mass is 10.1. The summed E-state index contributed by atoms with van der Waals surface area (Å²) in [5.74, 6) is -0.473. The number of hydrazone groups is 1. The second kappa shape index (κ2) is 13.2. The molecule has 8 nitrogen and oxygen atoms in total. The largest absolute Gasteiger partial charge is 0.494 e. The molecule has 9 heteroatoms. The van der Waals surface area contributed by atoms with Crippen molar-refractivity contribution in [3.05, 3.63) is 93.5 Å². The SMILES string of the molecule is CCCOc1ccc(C(=O)Oc2ccc(Br)cc2/C=N/NC(=O)CNC(=O)c2ccc(C)cc2)cc1. The predicted molar refractivity (Wildman–Crippen MR) is 141 cm³/mol. The van der Waals surface area contributed by atoms with E-state index in [0.29, 0.717) is 29.0 Å². The summed E-state index contributed by atoms with van der Waals surface area (Å²) in [5.41, 5.74) is 4.67. The molecule has 0 atom stereocenters. The number of hydrogen-bond donors (Lipinski definition) is 2. The van der Waals surface area contributed by atoms with Gasteiger partial charge < -0.3 is 14.8 Å². The fraction of sp³-hybridized carbons (Fsp3) is 0.185. The monoisotopic (exact) mass is 551 g/mol. The van der Waals surface area contributed by atoms with E-state index in [0.717, 1.165) is 16.5 Å². The topological polar surface area (TPSA) is 106 Å². The van der Waals surface area contributed by atoms with Crippen molar-refractivity contribution in [2.45, 2.75) is 20.3 Å². The average Bonchev–Trinajstić information content (AvgIpc) is 2.88. The van der Waals surface area contributed by atoms with E-state index in [9.17, 15) is 14.4 Å². The number of ether oxygens (including phenoxy) is 2. The number of carbonyl (C=O) groups excluding carboxylic acids is 3. The van der Waals surface area contributed by atoms with Gasteiger partial charge in [0.15, 0.2) is 0 Å². The Bertz CT molecular complexity index is 1240. The van der Waals surface area contributed by atoms with E-state index < -0.39 is 11.9 Å². The zero-order chi connectivity index (χ0) is 25.9. The molecule has 2 N–H and O–H groups in total. The van der Waals surface area contributed by atoms with E-state index in [4.69, 9.17) is 9.47 Å². The Labute approximate surface area is 217 Å². The standard InChI is InChI=1S/C27H26BrN3O5/c1-3-14-35-23-11-8-20(9-12-23)27(34)36-24-13-10-22(28)15-21(24)16-30-31-25(32)17-29-26(33)19-6-4-18(2)5-7-19/h4-13,15-16H,3,14,17H2,1-2H3,(H,29,33)(H,31,32)/b30-16+. The number of rotatable bonds is 10. The fourth-order valence-corrected chi connectivity index (χ4v) is 3.34. The summed E-state index contributed by atoms with van der Waals surface area (Å²) in [7, 11) is 0. The third-order valence-corrected chi connectivity index (χ3v) is 5.35. The van der Waals surface area contributed by atoms with Crippen molar-refractivity contribution in [1.82, 2.24) is 10.7 Å². The first-order chi connectivity index (χ1) is 17.4. The average molecular weight is 552 g/mol. The van der Waals surface area contributed by atoms with E-state index in [1.807, 2.05) is 26.0 Å². The minimum atomic E-state index is -0.545. The van der Waals surface area contributed by atoms with Gasteiger partial charge in [0.05, 0.1) is 24.9 Å². The molecule has 0 bridgehead atoms. The Morgan fingerprint density at radius 2 is 1.67 bits per heavy atom. The zero-order valence-electron chi connectivity index (χ0n) is 19.9. The Balaban J connectivity index is 1.57. The summed E-state index contributed by atoms with van der Waals surface area (Å²) >= 11 is 3.37. The summed E-state index contributed by atoms with van der Waals surface area (Å²) in [6, 6.07) is 18.7. The first-order valence-corrected chi connectivity index (χ1v) is 12.1. The van der Waals surface area contributed by atoms with Crippen molar-refractivity contribution in [2.75, 3.05) is 13.2 Å². The number of aryl methyl sites for hydroxylation is 1. The molecule has 0 heterocycles. The van der Waals surface area contributed by atoms with E-state index in [1.54, 1.807) is 54.6 Å². The molecule has 0 aliphatic carbocycles. The van der Waals surface area contributed by atoms with Gasteiger partial charge in [-0.05, 0) is 67.9 Å². The normalized spacial score (nSPS) is 10.6. The van der Waals surface area contributed by atoms with Crippen LogP contribution in [-0.2, 0) is 4.79 Å². The fourth-order valence-electron chi connectivity index (χ4n) is 2.96. The molecule has 0 aromatic heterocycles. The van der Waals surface area contributed by atoms with Crippen LogP contribution in [0.25, 0.3) is 0 Å². The molecule has 3 rings (SSSR count). The van der Waals surface area contributed by atoms with Gasteiger partial charge in [0, 0.05) is 15.6 Å². The second-order valence-electron chi connectivity index (χ2n) is 7.79. The quantitative estimate of drug-likeness (QED) is 0.165. The predicted octanol–water partition coefficient (Wildman–Crippen LogP) is 4.65. The first-order valence-electron chi connectivity index (χ1n) is 11.3. The van der Waals surface area contributed by atoms with Crippen LogP contribution in [0, 0.1) is 6.92 Å². The lowest BCUT2D eigenvalue weighted by molar-refractivity contribution is -0.120. The highest BCUT2D eigenvalue weighted by Crippen LogP contribution is 2.23. The Hall–Kier alpha value is -3.98. The highest BCUT2D eigenvalue weighted by atomic mass is 79.9. The molecule has 0 saturated heterocycles. The Morgan fingerprint density at radius 3 is 2.36 bits per heavy atom. The molecule has 0 unspecified atom stereocenters. The third-order valence-electron chi connectivity index (χ3n) is 4.85. The zero-order valence-corrected chi connectivity index (χ0v) is 21.5. The number of carbonyl (C=O) groups is 3. The number of benzene rings is 3. The molecular formula is C27H26BrN3O5. The van der Waals surface area contributed by atoms with Crippen molar-refractivity contribution >= 4 is 39.9 Å². The summed E-state index contributed by atoms with van der Waals surface area (Å²) in [6.07, 6.45) is 2.25. The Morgan fingerprint density at radius 1 is 0.972 bits per heavy atom. The smallest absolute Gasteiger partial charge is 0.343 e. The van der Waals surface area contributed by atoms with E-state index >= 15 is 0 Å². The van der Waals surface area contributed by atoms with Crippen LogP contribution in [0.5, 0.6) is 11.5 Å². The molecule has 0 fully saturated rings. The molecule has 3 aromatic carbocycles. The highest BCUT2D eigenvalue weighted by molar-refractivity contribution is 9.10. The van der Waals surface area contributed by atoms with Gasteiger partial charge in [0.1, 0.15) is 11.5 Å². The summed E-state index contributed by atoms with van der Waals surface area (Å²) in [6.45, 7) is 4.29.